The second kappa shape index (κ2) is 12.2. The molecule has 1 fully saturated rings. The molecule has 10 heteroatoms. The number of ether oxygens (including phenoxy) is 2. The Bertz CT molecular complexity index is 1330. The first-order chi connectivity index (χ1) is 18.6. The minimum absolute atomic E-state index is 0.0122. The summed E-state index contributed by atoms with van der Waals surface area (Å²) >= 11 is 0. The van der Waals surface area contributed by atoms with E-state index in [4.69, 9.17) is 9.47 Å². The lowest BCUT2D eigenvalue weighted by molar-refractivity contribution is -0.141. The summed E-state index contributed by atoms with van der Waals surface area (Å²) in [7, 11) is 1.58. The lowest BCUT2D eigenvalue weighted by Gasteiger charge is -2.41. The van der Waals surface area contributed by atoms with Crippen LogP contribution < -0.4 is 9.47 Å². The van der Waals surface area contributed by atoms with Crippen molar-refractivity contribution in [3.63, 3.8) is 0 Å². The summed E-state index contributed by atoms with van der Waals surface area (Å²) in [6.45, 7) is 3.49. The average Bonchev–Trinajstić information content (AvgIpc) is 2.90. The van der Waals surface area contributed by atoms with Gasteiger partial charge in [0.25, 0.3) is 0 Å². The van der Waals surface area contributed by atoms with Crippen LogP contribution in [0.25, 0.3) is 10.9 Å². The van der Waals surface area contributed by atoms with Gasteiger partial charge in [0.05, 0.1) is 25.2 Å². The summed E-state index contributed by atoms with van der Waals surface area (Å²) in [4.78, 5) is 18.3. The summed E-state index contributed by atoms with van der Waals surface area (Å²) in [5.41, 5.74) is 1.86. The van der Waals surface area contributed by atoms with Gasteiger partial charge in [-0.2, -0.15) is 4.39 Å². The fourth-order valence-electron chi connectivity index (χ4n) is 5.46. The van der Waals surface area contributed by atoms with Crippen LogP contribution in [0.15, 0.2) is 36.5 Å². The van der Waals surface area contributed by atoms with Gasteiger partial charge in [-0.1, -0.05) is 0 Å². The van der Waals surface area contributed by atoms with Crippen molar-refractivity contribution in [3.8, 4) is 11.5 Å². The Kier molecular flexibility index (Phi) is 8.97. The molecule has 3 aromatic rings. The minimum Gasteiger partial charge on any atom is -0.497 e. The second-order valence-electron chi connectivity index (χ2n) is 10.3. The minimum atomic E-state index is -1.31. The van der Waals surface area contributed by atoms with Crippen LogP contribution in [0, 0.1) is 29.8 Å². The van der Waals surface area contributed by atoms with Crippen molar-refractivity contribution in [2.75, 3.05) is 33.4 Å². The van der Waals surface area contributed by atoms with Gasteiger partial charge in [-0.15, -0.1) is 0 Å². The molecule has 0 aliphatic carbocycles. The van der Waals surface area contributed by atoms with E-state index in [0.717, 1.165) is 28.1 Å². The smallest absolute Gasteiger partial charge is 0.303 e. The van der Waals surface area contributed by atoms with Crippen molar-refractivity contribution < 1.29 is 37.7 Å². The lowest BCUT2D eigenvalue weighted by Crippen LogP contribution is -2.42. The second-order valence-corrected chi connectivity index (χ2v) is 10.3. The molecule has 4 rings (SSSR count). The van der Waals surface area contributed by atoms with Gasteiger partial charge in [-0.25, -0.2) is 8.78 Å². The van der Waals surface area contributed by atoms with Crippen molar-refractivity contribution in [2.24, 2.45) is 5.41 Å². The number of aryl methyl sites for hydroxylation is 1. The van der Waals surface area contributed by atoms with Crippen LogP contribution in [-0.2, 0) is 4.79 Å². The molecule has 2 N–H and O–H groups in total. The predicted molar refractivity (Wildman–Crippen MR) is 139 cm³/mol. The maximum atomic E-state index is 13.8. The van der Waals surface area contributed by atoms with E-state index in [2.05, 4.69) is 9.88 Å². The van der Waals surface area contributed by atoms with E-state index in [1.807, 2.05) is 25.1 Å². The first-order valence-electron chi connectivity index (χ1n) is 12.9. The van der Waals surface area contributed by atoms with Crippen molar-refractivity contribution in [2.45, 2.75) is 45.1 Å². The van der Waals surface area contributed by atoms with Gasteiger partial charge in [-0.3, -0.25) is 14.7 Å². The summed E-state index contributed by atoms with van der Waals surface area (Å²) in [5, 5.41) is 21.7. The number of hydrogen-bond donors (Lipinski definition) is 2. The van der Waals surface area contributed by atoms with Crippen LogP contribution in [-0.4, -0.2) is 59.4 Å². The lowest BCUT2D eigenvalue weighted by atomic mass is 9.71. The number of methoxy groups -OCH3 is 1. The van der Waals surface area contributed by atoms with Crippen molar-refractivity contribution >= 4 is 16.9 Å². The van der Waals surface area contributed by atoms with Crippen molar-refractivity contribution in [1.29, 1.82) is 0 Å². The number of aliphatic hydroxyl groups is 1. The first kappa shape index (κ1) is 28.6. The van der Waals surface area contributed by atoms with Gasteiger partial charge in [0, 0.05) is 30.3 Å². The zero-order chi connectivity index (χ0) is 28.2. The Morgan fingerprint density at radius 1 is 1.18 bits per heavy atom. The highest BCUT2D eigenvalue weighted by molar-refractivity contribution is 5.84. The van der Waals surface area contributed by atoms with E-state index in [9.17, 15) is 28.2 Å². The monoisotopic (exact) mass is 546 g/mol. The SMILES string of the molecule is COc1ccc2ncc(C)c([C@@H](O)CCC3(CC(=O)O)CCN(CCOc4cc(F)cc(F)c4F)CC3)c2c1. The molecule has 2 heterocycles. The molecule has 0 saturated carbocycles. The largest absolute Gasteiger partial charge is 0.497 e. The van der Waals surface area contributed by atoms with Crippen molar-refractivity contribution in [3.05, 3.63) is 65.1 Å². The summed E-state index contributed by atoms with van der Waals surface area (Å²) in [5.74, 6) is -4.17. The van der Waals surface area contributed by atoms with Crippen LogP contribution >= 0.6 is 0 Å². The number of aliphatic hydroxyl groups excluding tert-OH is 1. The highest BCUT2D eigenvalue weighted by atomic mass is 19.2. The quantitative estimate of drug-likeness (QED) is 0.311. The molecule has 1 aromatic heterocycles. The number of rotatable bonds is 11. The van der Waals surface area contributed by atoms with E-state index in [1.165, 1.54) is 0 Å². The van der Waals surface area contributed by atoms with Crippen LogP contribution in [0.4, 0.5) is 13.2 Å². The Morgan fingerprint density at radius 2 is 1.92 bits per heavy atom. The molecule has 0 unspecified atom stereocenters. The van der Waals surface area contributed by atoms with E-state index in [-0.39, 0.29) is 13.0 Å². The number of carbonyl (C=O) groups is 1. The molecule has 1 saturated heterocycles. The fraction of sp³-hybridized carbons (Fsp3) is 0.448. The van der Waals surface area contributed by atoms with E-state index >= 15 is 0 Å². The van der Waals surface area contributed by atoms with E-state index in [1.54, 1.807) is 13.3 Å². The molecule has 2 aromatic carbocycles. The third kappa shape index (κ3) is 6.80. The van der Waals surface area contributed by atoms with Crippen LogP contribution in [0.3, 0.4) is 0 Å². The number of pyridine rings is 1. The Labute approximate surface area is 225 Å². The van der Waals surface area contributed by atoms with Gasteiger partial charge < -0.3 is 19.7 Å². The Balaban J connectivity index is 1.39. The zero-order valence-electron chi connectivity index (χ0n) is 22.1. The standard InChI is InChI=1S/C29H33F3N2O5/c1-18-17-33-23-4-3-20(38-2)15-21(23)27(18)24(35)5-6-29(16-26(36)37)7-9-34(10-8-29)11-12-39-25-14-19(30)13-22(31)28(25)32/h3-4,13-15,17,24,35H,5-12,16H2,1-2H3,(H,36,37)/t24-/m0/s1. The number of benzene rings is 2. The topological polar surface area (TPSA) is 92.1 Å². The molecule has 210 valence electrons. The molecular formula is C29H33F3N2O5. The Hall–Kier alpha value is -3.37. The molecule has 0 radical (unpaired) electrons. The molecule has 1 aliphatic rings. The van der Waals surface area contributed by atoms with Gasteiger partial charge in [0.15, 0.2) is 11.6 Å². The third-order valence-corrected chi connectivity index (χ3v) is 7.66. The van der Waals surface area contributed by atoms with Gasteiger partial charge in [0.1, 0.15) is 18.2 Å². The third-order valence-electron chi connectivity index (χ3n) is 7.66. The molecule has 7 nitrogen and oxygen atoms in total. The maximum Gasteiger partial charge on any atom is 0.303 e. The number of nitrogens with zero attached hydrogens (tertiary/aromatic N) is 2. The molecule has 0 amide bonds. The van der Waals surface area contributed by atoms with Crippen LogP contribution in [0.2, 0.25) is 0 Å². The number of fused-ring (bicyclic) bond motifs is 1. The predicted octanol–water partition coefficient (Wildman–Crippen LogP) is 5.42. The Morgan fingerprint density at radius 3 is 2.62 bits per heavy atom. The van der Waals surface area contributed by atoms with Crippen molar-refractivity contribution in [1.82, 2.24) is 9.88 Å². The molecule has 0 spiro atoms. The number of carboxylic acid groups (broad SMARTS) is 1. The summed E-state index contributed by atoms with van der Waals surface area (Å²) in [6, 6.07) is 6.77. The van der Waals surface area contributed by atoms with E-state index < -0.39 is 40.7 Å². The van der Waals surface area contributed by atoms with E-state index in [0.29, 0.717) is 57.1 Å². The van der Waals surface area contributed by atoms with Gasteiger partial charge in [-0.05, 0) is 80.4 Å². The highest BCUT2D eigenvalue weighted by Gasteiger charge is 2.37. The number of hydrogen-bond acceptors (Lipinski definition) is 6. The molecule has 1 aliphatic heterocycles. The molecule has 0 bridgehead atoms. The summed E-state index contributed by atoms with van der Waals surface area (Å²) < 4.78 is 51.2. The average molecular weight is 547 g/mol. The highest BCUT2D eigenvalue weighted by Crippen LogP contribution is 2.42. The number of carboxylic acids is 1. The normalized spacial score (nSPS) is 16.3. The number of aliphatic carboxylic acids is 1. The molecule has 39 heavy (non-hydrogen) atoms. The van der Waals surface area contributed by atoms with Crippen LogP contribution in [0.5, 0.6) is 11.5 Å². The zero-order valence-corrected chi connectivity index (χ0v) is 22.1. The number of halogens is 3. The molecular weight excluding hydrogens is 513 g/mol. The number of aromatic nitrogens is 1. The van der Waals surface area contributed by atoms with Crippen LogP contribution in [0.1, 0.15) is 49.3 Å². The number of likely N-dealkylation sites (tertiary alicyclic amines) is 1. The summed E-state index contributed by atoms with van der Waals surface area (Å²) in [6.07, 6.45) is 3.01. The molecule has 1 atom stereocenters. The first-order valence-corrected chi connectivity index (χ1v) is 12.9. The number of piperidine rings is 1. The van der Waals surface area contributed by atoms with Gasteiger partial charge >= 0.3 is 5.97 Å². The fourth-order valence-corrected chi connectivity index (χ4v) is 5.46. The van der Waals surface area contributed by atoms with Gasteiger partial charge in [0.2, 0.25) is 5.82 Å². The maximum absolute atomic E-state index is 13.8.